The van der Waals surface area contributed by atoms with Gasteiger partial charge in [0.1, 0.15) is 5.82 Å². The molecule has 0 fully saturated rings. The van der Waals surface area contributed by atoms with Crippen LogP contribution in [-0.2, 0) is 4.74 Å². The Morgan fingerprint density at radius 3 is 2.82 bits per heavy atom. The van der Waals surface area contributed by atoms with E-state index in [0.29, 0.717) is 12.4 Å². The summed E-state index contributed by atoms with van der Waals surface area (Å²) in [5.74, 6) is 0.0589. The van der Waals surface area contributed by atoms with Crippen LogP contribution >= 0.6 is 0 Å². The zero-order valence-electron chi connectivity index (χ0n) is 10.1. The van der Waals surface area contributed by atoms with Gasteiger partial charge in [-0.15, -0.1) is 0 Å². The number of aliphatic hydroxyl groups excluding tert-OH is 1. The summed E-state index contributed by atoms with van der Waals surface area (Å²) >= 11 is 0. The van der Waals surface area contributed by atoms with E-state index in [1.165, 1.54) is 13.3 Å². The molecule has 0 unspecified atom stereocenters. The van der Waals surface area contributed by atoms with Crippen molar-refractivity contribution in [1.29, 1.82) is 0 Å². The Morgan fingerprint density at radius 2 is 2.24 bits per heavy atom. The molecular formula is C11H17N3O3. The van der Waals surface area contributed by atoms with Gasteiger partial charge in [0.05, 0.1) is 26.1 Å². The van der Waals surface area contributed by atoms with Gasteiger partial charge in [-0.05, 0) is 6.42 Å². The summed E-state index contributed by atoms with van der Waals surface area (Å²) < 4.78 is 4.58. The topological polar surface area (TPSA) is 75.5 Å². The molecule has 0 radical (unpaired) electrons. The zero-order chi connectivity index (χ0) is 12.7. The maximum Gasteiger partial charge on any atom is 0.358 e. The van der Waals surface area contributed by atoms with Crippen LogP contribution in [0.25, 0.3) is 0 Å². The van der Waals surface area contributed by atoms with Crippen molar-refractivity contribution in [2.75, 3.05) is 31.7 Å². The Kier molecular flexibility index (Phi) is 5.35. The van der Waals surface area contributed by atoms with E-state index in [1.807, 2.05) is 11.8 Å². The Labute approximate surface area is 100 Å². The van der Waals surface area contributed by atoms with Crippen LogP contribution in [0.4, 0.5) is 5.82 Å². The molecule has 0 aromatic carbocycles. The van der Waals surface area contributed by atoms with E-state index in [-0.39, 0.29) is 12.3 Å². The molecular weight excluding hydrogens is 222 g/mol. The number of esters is 1. The summed E-state index contributed by atoms with van der Waals surface area (Å²) in [5.41, 5.74) is 0.170. The molecule has 6 nitrogen and oxygen atoms in total. The van der Waals surface area contributed by atoms with Crippen LogP contribution in [-0.4, -0.2) is 47.8 Å². The van der Waals surface area contributed by atoms with E-state index in [2.05, 4.69) is 14.7 Å². The first-order chi connectivity index (χ1) is 8.22. The summed E-state index contributed by atoms with van der Waals surface area (Å²) in [5, 5.41) is 8.97. The van der Waals surface area contributed by atoms with Gasteiger partial charge in [-0.25, -0.2) is 9.78 Å². The molecule has 94 valence electrons. The summed E-state index contributed by atoms with van der Waals surface area (Å²) in [6.45, 7) is 3.28. The van der Waals surface area contributed by atoms with E-state index in [0.717, 1.165) is 13.0 Å². The van der Waals surface area contributed by atoms with Gasteiger partial charge < -0.3 is 14.7 Å². The fraction of sp³-hybridized carbons (Fsp3) is 0.545. The lowest BCUT2D eigenvalue weighted by Gasteiger charge is -2.21. The monoisotopic (exact) mass is 239 g/mol. The summed E-state index contributed by atoms with van der Waals surface area (Å²) in [4.78, 5) is 21.3. The molecule has 17 heavy (non-hydrogen) atoms. The Morgan fingerprint density at radius 1 is 1.47 bits per heavy atom. The number of carbonyl (C=O) groups is 1. The molecule has 0 saturated carbocycles. The molecule has 6 heteroatoms. The quantitative estimate of drug-likeness (QED) is 0.727. The number of rotatable bonds is 6. The average Bonchev–Trinajstić information content (AvgIpc) is 2.37. The molecule has 0 atom stereocenters. The van der Waals surface area contributed by atoms with E-state index in [9.17, 15) is 4.79 Å². The van der Waals surface area contributed by atoms with Gasteiger partial charge in [0.25, 0.3) is 0 Å². The van der Waals surface area contributed by atoms with Crippen molar-refractivity contribution >= 4 is 11.8 Å². The highest BCUT2D eigenvalue weighted by atomic mass is 16.5. The second-order valence-electron chi connectivity index (χ2n) is 3.46. The second kappa shape index (κ2) is 6.80. The van der Waals surface area contributed by atoms with Gasteiger partial charge in [0, 0.05) is 13.1 Å². The first-order valence-corrected chi connectivity index (χ1v) is 5.49. The van der Waals surface area contributed by atoms with Gasteiger partial charge >= 0.3 is 5.97 Å². The van der Waals surface area contributed by atoms with Crippen LogP contribution in [0.1, 0.15) is 23.8 Å². The van der Waals surface area contributed by atoms with Gasteiger partial charge in [-0.2, -0.15) is 0 Å². The molecule has 0 aliphatic carbocycles. The third kappa shape index (κ3) is 3.67. The molecule has 1 heterocycles. The van der Waals surface area contributed by atoms with Crippen LogP contribution in [0.3, 0.4) is 0 Å². The van der Waals surface area contributed by atoms with Crippen molar-refractivity contribution in [3.8, 4) is 0 Å². The van der Waals surface area contributed by atoms with Crippen molar-refractivity contribution in [1.82, 2.24) is 9.97 Å². The van der Waals surface area contributed by atoms with Gasteiger partial charge in [-0.3, -0.25) is 4.98 Å². The zero-order valence-corrected chi connectivity index (χ0v) is 10.1. The largest absolute Gasteiger partial charge is 0.464 e. The van der Waals surface area contributed by atoms with E-state index < -0.39 is 5.97 Å². The minimum Gasteiger partial charge on any atom is -0.464 e. The highest BCUT2D eigenvalue weighted by Gasteiger charge is 2.12. The summed E-state index contributed by atoms with van der Waals surface area (Å²) in [7, 11) is 1.30. The van der Waals surface area contributed by atoms with Gasteiger partial charge in [0.2, 0.25) is 0 Å². The van der Waals surface area contributed by atoms with Crippen molar-refractivity contribution in [3.63, 3.8) is 0 Å². The third-order valence-corrected chi connectivity index (χ3v) is 2.20. The minimum absolute atomic E-state index is 0.0319. The fourth-order valence-electron chi connectivity index (χ4n) is 1.44. The molecule has 1 aromatic heterocycles. The van der Waals surface area contributed by atoms with Crippen LogP contribution in [0.2, 0.25) is 0 Å². The molecule has 1 rings (SSSR count). The molecule has 0 aliphatic heterocycles. The Balaban J connectivity index is 2.91. The number of aliphatic hydroxyl groups is 1. The SMILES string of the molecule is CCCN(CCO)c1cncc(C(=O)OC)n1. The van der Waals surface area contributed by atoms with E-state index in [1.54, 1.807) is 6.20 Å². The number of methoxy groups -OCH3 is 1. The normalized spacial score (nSPS) is 10.1. The molecule has 0 aliphatic rings. The molecule has 0 saturated heterocycles. The van der Waals surface area contributed by atoms with Crippen molar-refractivity contribution in [2.24, 2.45) is 0 Å². The van der Waals surface area contributed by atoms with Crippen molar-refractivity contribution < 1.29 is 14.6 Å². The predicted octanol–water partition coefficient (Wildman–Crippen LogP) is 0.472. The van der Waals surface area contributed by atoms with Crippen LogP contribution in [0.15, 0.2) is 12.4 Å². The highest BCUT2D eigenvalue weighted by Crippen LogP contribution is 2.10. The second-order valence-corrected chi connectivity index (χ2v) is 3.46. The fourth-order valence-corrected chi connectivity index (χ4v) is 1.44. The minimum atomic E-state index is -0.514. The smallest absolute Gasteiger partial charge is 0.358 e. The number of anilines is 1. The number of nitrogens with zero attached hydrogens (tertiary/aromatic N) is 3. The lowest BCUT2D eigenvalue weighted by molar-refractivity contribution is 0.0593. The Bertz CT molecular complexity index is 365. The maximum absolute atomic E-state index is 11.3. The third-order valence-electron chi connectivity index (χ3n) is 2.20. The number of aromatic nitrogens is 2. The molecule has 1 aromatic rings. The summed E-state index contributed by atoms with van der Waals surface area (Å²) in [6, 6.07) is 0. The number of hydrogen-bond acceptors (Lipinski definition) is 6. The van der Waals surface area contributed by atoms with Crippen molar-refractivity contribution in [2.45, 2.75) is 13.3 Å². The van der Waals surface area contributed by atoms with E-state index >= 15 is 0 Å². The number of ether oxygens (including phenoxy) is 1. The molecule has 0 amide bonds. The lowest BCUT2D eigenvalue weighted by Crippen LogP contribution is -2.29. The standard InChI is InChI=1S/C11H17N3O3/c1-3-4-14(5-6-15)10-8-12-7-9(13-10)11(16)17-2/h7-8,15H,3-6H2,1-2H3. The van der Waals surface area contributed by atoms with Crippen LogP contribution in [0.5, 0.6) is 0 Å². The average molecular weight is 239 g/mol. The first-order valence-electron chi connectivity index (χ1n) is 5.49. The summed E-state index contributed by atoms with van der Waals surface area (Å²) in [6.07, 6.45) is 3.85. The lowest BCUT2D eigenvalue weighted by atomic mass is 10.4. The number of hydrogen-bond donors (Lipinski definition) is 1. The highest BCUT2D eigenvalue weighted by molar-refractivity contribution is 5.87. The first kappa shape index (κ1) is 13.4. The van der Waals surface area contributed by atoms with Crippen molar-refractivity contribution in [3.05, 3.63) is 18.1 Å². The van der Waals surface area contributed by atoms with E-state index in [4.69, 9.17) is 5.11 Å². The molecule has 0 bridgehead atoms. The number of carbonyl (C=O) groups excluding carboxylic acids is 1. The van der Waals surface area contributed by atoms with Gasteiger partial charge in [0.15, 0.2) is 5.69 Å². The van der Waals surface area contributed by atoms with Crippen LogP contribution < -0.4 is 4.90 Å². The molecule has 0 spiro atoms. The Hall–Kier alpha value is -1.69. The van der Waals surface area contributed by atoms with Crippen LogP contribution in [0, 0.1) is 0 Å². The molecule has 1 N–H and O–H groups in total. The maximum atomic E-state index is 11.3. The predicted molar refractivity (Wildman–Crippen MR) is 63.0 cm³/mol. The van der Waals surface area contributed by atoms with Gasteiger partial charge in [-0.1, -0.05) is 6.92 Å².